The predicted octanol–water partition coefficient (Wildman–Crippen LogP) is 5.16. The second kappa shape index (κ2) is 7.82. The van der Waals surface area contributed by atoms with Crippen LogP contribution in [0.15, 0.2) is 42.2 Å². The Morgan fingerprint density at radius 1 is 1.40 bits per heavy atom. The number of aliphatic imine (C=N–C) groups is 1. The van der Waals surface area contributed by atoms with Gasteiger partial charge in [0.25, 0.3) is 0 Å². The molecule has 1 fully saturated rings. The topological polar surface area (TPSA) is 39.4 Å². The predicted molar refractivity (Wildman–Crippen MR) is 92.2 cm³/mol. The first-order valence-electron chi connectivity index (χ1n) is 8.05. The van der Waals surface area contributed by atoms with Gasteiger partial charge in [-0.25, -0.2) is 4.68 Å². The largest absolute Gasteiger partial charge is 0.435 e. The SMILES string of the molecule is C=CC(C)=N/C(C)=C/C(=C)c1cn(C2CCCCO2)nc1C(F)(F)F. The molecule has 1 unspecified atom stereocenters. The fraction of sp³-hybridized carbons (Fsp3) is 0.444. The normalized spacial score (nSPS) is 19.8. The van der Waals surface area contributed by atoms with Crippen molar-refractivity contribution in [2.24, 2.45) is 4.99 Å². The maximum Gasteiger partial charge on any atom is 0.435 e. The molecule has 7 heteroatoms. The van der Waals surface area contributed by atoms with Crippen LogP contribution < -0.4 is 0 Å². The van der Waals surface area contributed by atoms with E-state index in [0.29, 0.717) is 24.4 Å². The Labute approximate surface area is 145 Å². The monoisotopic (exact) mass is 353 g/mol. The minimum Gasteiger partial charge on any atom is -0.357 e. The lowest BCUT2D eigenvalue weighted by molar-refractivity contribution is -0.142. The molecule has 2 rings (SSSR count). The van der Waals surface area contributed by atoms with Crippen LogP contribution >= 0.6 is 0 Å². The molecule has 0 saturated carbocycles. The first-order valence-corrected chi connectivity index (χ1v) is 8.05. The summed E-state index contributed by atoms with van der Waals surface area (Å²) in [5, 5.41) is 3.74. The zero-order valence-corrected chi connectivity index (χ0v) is 14.4. The Kier molecular flexibility index (Phi) is 6.00. The second-order valence-electron chi connectivity index (χ2n) is 5.96. The van der Waals surface area contributed by atoms with Gasteiger partial charge in [0.1, 0.15) is 6.23 Å². The van der Waals surface area contributed by atoms with Crippen LogP contribution in [0.5, 0.6) is 0 Å². The number of allylic oxidation sites excluding steroid dienone is 4. The summed E-state index contributed by atoms with van der Waals surface area (Å²) < 4.78 is 46.9. The van der Waals surface area contributed by atoms with Crippen molar-refractivity contribution in [1.29, 1.82) is 0 Å². The number of nitrogens with zero attached hydrogens (tertiary/aromatic N) is 3. The highest BCUT2D eigenvalue weighted by atomic mass is 19.4. The van der Waals surface area contributed by atoms with E-state index in [0.717, 1.165) is 12.8 Å². The number of alkyl halides is 3. The Morgan fingerprint density at radius 3 is 2.68 bits per heavy atom. The van der Waals surface area contributed by atoms with E-state index in [1.165, 1.54) is 17.0 Å². The van der Waals surface area contributed by atoms with Crippen LogP contribution in [0.2, 0.25) is 0 Å². The third kappa shape index (κ3) is 4.92. The van der Waals surface area contributed by atoms with Gasteiger partial charge in [-0.15, -0.1) is 0 Å². The van der Waals surface area contributed by atoms with Crippen LogP contribution in [0.25, 0.3) is 5.57 Å². The Bertz CT molecular complexity index is 708. The molecule has 0 spiro atoms. The summed E-state index contributed by atoms with van der Waals surface area (Å²) in [6.45, 7) is 11.3. The molecule has 0 aromatic carbocycles. The lowest BCUT2D eigenvalue weighted by Crippen LogP contribution is -2.19. The van der Waals surface area contributed by atoms with Crippen LogP contribution in [0.3, 0.4) is 0 Å². The van der Waals surface area contributed by atoms with Gasteiger partial charge < -0.3 is 4.74 Å². The summed E-state index contributed by atoms with van der Waals surface area (Å²) in [5.74, 6) is 0. The van der Waals surface area contributed by atoms with Gasteiger partial charge in [0.2, 0.25) is 0 Å². The van der Waals surface area contributed by atoms with Crippen molar-refractivity contribution in [3.05, 3.63) is 48.5 Å². The van der Waals surface area contributed by atoms with Gasteiger partial charge in [-0.2, -0.15) is 18.3 Å². The zero-order valence-electron chi connectivity index (χ0n) is 14.4. The smallest absolute Gasteiger partial charge is 0.357 e. The molecule has 1 saturated heterocycles. The summed E-state index contributed by atoms with van der Waals surface area (Å²) in [4.78, 5) is 4.22. The molecule has 0 bridgehead atoms. The Morgan fingerprint density at radius 2 is 2.12 bits per heavy atom. The molecule has 136 valence electrons. The second-order valence-corrected chi connectivity index (χ2v) is 5.96. The van der Waals surface area contributed by atoms with E-state index in [1.54, 1.807) is 19.9 Å². The van der Waals surface area contributed by atoms with Crippen LogP contribution in [0.1, 0.15) is 50.6 Å². The van der Waals surface area contributed by atoms with E-state index in [2.05, 4.69) is 23.2 Å². The standard InChI is InChI=1S/C18H22F3N3O/c1-5-13(3)22-14(4)10-12(2)15-11-24(16-8-6-7-9-25-16)23-17(15)18(19,20)21/h5,10-11,16H,1-2,6-9H2,3-4H3/b14-10+,22-13?. The maximum atomic E-state index is 13.4. The summed E-state index contributed by atoms with van der Waals surface area (Å²) in [6, 6.07) is 0. The highest BCUT2D eigenvalue weighted by Gasteiger charge is 2.38. The molecule has 0 radical (unpaired) electrons. The first-order chi connectivity index (χ1) is 11.7. The van der Waals surface area contributed by atoms with E-state index in [-0.39, 0.29) is 11.1 Å². The summed E-state index contributed by atoms with van der Waals surface area (Å²) in [7, 11) is 0. The molecule has 1 aromatic heterocycles. The van der Waals surface area contributed by atoms with Crippen molar-refractivity contribution >= 4 is 11.3 Å². The fourth-order valence-corrected chi connectivity index (χ4v) is 2.60. The van der Waals surface area contributed by atoms with Crippen molar-refractivity contribution < 1.29 is 17.9 Å². The quantitative estimate of drug-likeness (QED) is 0.541. The van der Waals surface area contributed by atoms with Crippen molar-refractivity contribution in [3.63, 3.8) is 0 Å². The molecule has 1 atom stereocenters. The third-order valence-electron chi connectivity index (χ3n) is 3.83. The first kappa shape index (κ1) is 19.2. The van der Waals surface area contributed by atoms with Crippen molar-refractivity contribution in [2.45, 2.75) is 45.5 Å². The van der Waals surface area contributed by atoms with Gasteiger partial charge in [0.15, 0.2) is 5.69 Å². The van der Waals surface area contributed by atoms with Crippen LogP contribution in [-0.4, -0.2) is 22.1 Å². The highest BCUT2D eigenvalue weighted by molar-refractivity contribution is 5.93. The van der Waals surface area contributed by atoms with E-state index in [4.69, 9.17) is 4.74 Å². The number of hydrogen-bond donors (Lipinski definition) is 0. The van der Waals surface area contributed by atoms with E-state index in [1.807, 2.05) is 0 Å². The lowest BCUT2D eigenvalue weighted by atomic mass is 10.1. The molecular weight excluding hydrogens is 331 g/mol. The van der Waals surface area contributed by atoms with E-state index in [9.17, 15) is 13.2 Å². The van der Waals surface area contributed by atoms with Gasteiger partial charge in [-0.3, -0.25) is 4.99 Å². The number of hydrogen-bond acceptors (Lipinski definition) is 3. The molecule has 2 heterocycles. The van der Waals surface area contributed by atoms with Crippen LogP contribution in [0, 0.1) is 0 Å². The minimum atomic E-state index is -4.57. The molecule has 25 heavy (non-hydrogen) atoms. The molecular formula is C18H22F3N3O. The van der Waals surface area contributed by atoms with Gasteiger partial charge >= 0.3 is 6.18 Å². The maximum absolute atomic E-state index is 13.4. The fourth-order valence-electron chi connectivity index (χ4n) is 2.60. The number of aromatic nitrogens is 2. The number of rotatable bonds is 5. The molecule has 1 aliphatic heterocycles. The van der Waals surface area contributed by atoms with Gasteiger partial charge in [-0.1, -0.05) is 13.2 Å². The lowest BCUT2D eigenvalue weighted by Gasteiger charge is -2.22. The minimum absolute atomic E-state index is 0.0625. The summed E-state index contributed by atoms with van der Waals surface area (Å²) >= 11 is 0. The Hall–Kier alpha value is -2.15. The molecule has 1 aliphatic rings. The van der Waals surface area contributed by atoms with Crippen LogP contribution in [0.4, 0.5) is 13.2 Å². The van der Waals surface area contributed by atoms with Crippen molar-refractivity contribution in [3.8, 4) is 0 Å². The third-order valence-corrected chi connectivity index (χ3v) is 3.83. The van der Waals surface area contributed by atoms with Crippen LogP contribution in [-0.2, 0) is 10.9 Å². The molecule has 1 aromatic rings. The number of halogens is 3. The van der Waals surface area contributed by atoms with Gasteiger partial charge in [0, 0.05) is 29.8 Å². The zero-order chi connectivity index (χ0) is 18.6. The van der Waals surface area contributed by atoms with Crippen molar-refractivity contribution in [2.75, 3.05) is 6.61 Å². The molecule has 0 N–H and O–H groups in total. The average molecular weight is 353 g/mol. The molecule has 0 aliphatic carbocycles. The van der Waals surface area contributed by atoms with Gasteiger partial charge in [-0.05, 0) is 50.8 Å². The van der Waals surface area contributed by atoms with E-state index >= 15 is 0 Å². The van der Waals surface area contributed by atoms with E-state index < -0.39 is 18.1 Å². The molecule has 4 nitrogen and oxygen atoms in total. The summed E-state index contributed by atoms with van der Waals surface area (Å²) in [6.07, 6.45) is 1.84. The summed E-state index contributed by atoms with van der Waals surface area (Å²) in [5.41, 5.74) is 0.390. The Balaban J connectivity index is 2.37. The van der Waals surface area contributed by atoms with Gasteiger partial charge in [0.05, 0.1) is 0 Å². The van der Waals surface area contributed by atoms with Crippen molar-refractivity contribution in [1.82, 2.24) is 9.78 Å². The molecule has 0 amide bonds. The number of ether oxygens (including phenoxy) is 1. The highest BCUT2D eigenvalue weighted by Crippen LogP contribution is 2.35. The average Bonchev–Trinajstić information content (AvgIpc) is 3.01.